The molecule has 0 aliphatic carbocycles. The van der Waals surface area contributed by atoms with Gasteiger partial charge >= 0.3 is 0 Å². The van der Waals surface area contributed by atoms with E-state index in [0.717, 1.165) is 17.4 Å². The second kappa shape index (κ2) is 6.88. The number of carboxylic acids is 1. The first kappa shape index (κ1) is 18.4. The Morgan fingerprint density at radius 1 is 1.07 bits per heavy atom. The highest BCUT2D eigenvalue weighted by atomic mass is 32.2. The zero-order chi connectivity index (χ0) is 20.0. The monoisotopic (exact) mass is 409 g/mol. The maximum absolute atomic E-state index is 13.1. The third-order valence-electron chi connectivity index (χ3n) is 4.59. The van der Waals surface area contributed by atoms with Crippen LogP contribution >= 0.6 is 24.0 Å². The number of thioether (sulfide) groups is 1. The van der Waals surface area contributed by atoms with Gasteiger partial charge in [0.05, 0.1) is 21.9 Å². The fourth-order valence-electron chi connectivity index (χ4n) is 3.26. The Labute approximate surface area is 170 Å². The molecule has 0 unspecified atom stereocenters. The molecular formula is C20H13N2O4S2-. The number of nitrogens with zero attached hydrogens (tertiary/aromatic N) is 2. The summed E-state index contributed by atoms with van der Waals surface area (Å²) in [5.74, 6) is -1.78. The number of carboxylic acid groups (broad SMARTS) is 1. The van der Waals surface area contributed by atoms with Crippen LogP contribution < -0.4 is 14.9 Å². The second-order valence-corrected chi connectivity index (χ2v) is 7.95. The van der Waals surface area contributed by atoms with E-state index in [1.807, 2.05) is 24.3 Å². The lowest BCUT2D eigenvalue weighted by molar-refractivity contribution is -0.304. The van der Waals surface area contributed by atoms with Gasteiger partial charge in [0, 0.05) is 25.0 Å². The summed E-state index contributed by atoms with van der Waals surface area (Å²) in [7, 11) is 1.67. The van der Waals surface area contributed by atoms with Gasteiger partial charge in [-0.25, -0.2) is 0 Å². The van der Waals surface area contributed by atoms with Crippen LogP contribution in [0.15, 0.2) is 53.4 Å². The maximum Gasteiger partial charge on any atom is 0.271 e. The quantitative estimate of drug-likeness (QED) is 0.567. The molecule has 0 atom stereocenters. The average molecular weight is 409 g/mol. The Bertz CT molecular complexity index is 1080. The molecule has 2 heterocycles. The van der Waals surface area contributed by atoms with Crippen molar-refractivity contribution in [2.75, 3.05) is 16.8 Å². The first-order valence-electron chi connectivity index (χ1n) is 8.35. The van der Waals surface area contributed by atoms with Gasteiger partial charge in [0.25, 0.3) is 11.8 Å². The van der Waals surface area contributed by atoms with Crippen LogP contribution in [-0.2, 0) is 20.8 Å². The molecule has 2 aromatic carbocycles. The summed E-state index contributed by atoms with van der Waals surface area (Å²) < 4.78 is 0.319. The number of anilines is 2. The first-order valence-corrected chi connectivity index (χ1v) is 9.57. The fraction of sp³-hybridized carbons (Fsp3) is 0.100. The van der Waals surface area contributed by atoms with Crippen LogP contribution in [0, 0.1) is 0 Å². The number of hydrogen-bond acceptors (Lipinski definition) is 6. The van der Waals surface area contributed by atoms with Gasteiger partial charge in [-0.3, -0.25) is 14.5 Å². The summed E-state index contributed by atoms with van der Waals surface area (Å²) >= 11 is 6.48. The smallest absolute Gasteiger partial charge is 0.271 e. The van der Waals surface area contributed by atoms with E-state index < -0.39 is 5.97 Å². The predicted octanol–water partition coefficient (Wildman–Crippen LogP) is 1.73. The number of rotatable bonds is 3. The maximum atomic E-state index is 13.1. The number of carbonyl (C=O) groups excluding carboxylic acids is 3. The van der Waals surface area contributed by atoms with Gasteiger partial charge in [-0.1, -0.05) is 54.3 Å². The molecule has 8 heteroatoms. The van der Waals surface area contributed by atoms with Gasteiger partial charge in [0.1, 0.15) is 0 Å². The van der Waals surface area contributed by atoms with E-state index in [4.69, 9.17) is 12.2 Å². The molecule has 6 nitrogen and oxygen atoms in total. The number of aliphatic carboxylic acids is 1. The van der Waals surface area contributed by atoms with Crippen molar-refractivity contribution in [1.29, 1.82) is 0 Å². The van der Waals surface area contributed by atoms with Crippen molar-refractivity contribution in [2.45, 2.75) is 6.42 Å². The molecule has 0 saturated carbocycles. The number of amides is 2. The van der Waals surface area contributed by atoms with Crippen LogP contribution in [-0.4, -0.2) is 29.2 Å². The molecule has 1 saturated heterocycles. The Morgan fingerprint density at radius 3 is 2.43 bits per heavy atom. The van der Waals surface area contributed by atoms with Crippen molar-refractivity contribution >= 4 is 63.0 Å². The summed E-state index contributed by atoms with van der Waals surface area (Å²) in [5.41, 5.74) is 2.90. The Balaban J connectivity index is 1.73. The lowest BCUT2D eigenvalue weighted by Crippen LogP contribution is -2.28. The van der Waals surface area contributed by atoms with E-state index in [1.165, 1.54) is 9.80 Å². The van der Waals surface area contributed by atoms with Crippen molar-refractivity contribution < 1.29 is 19.5 Å². The van der Waals surface area contributed by atoms with Gasteiger partial charge in [0.15, 0.2) is 4.32 Å². The van der Waals surface area contributed by atoms with Crippen molar-refractivity contribution in [3.63, 3.8) is 0 Å². The molecule has 1 fully saturated rings. The molecule has 2 amide bonds. The van der Waals surface area contributed by atoms with Crippen LogP contribution in [0.2, 0.25) is 0 Å². The Kier molecular flexibility index (Phi) is 4.52. The molecule has 0 radical (unpaired) electrons. The van der Waals surface area contributed by atoms with Crippen molar-refractivity contribution in [1.82, 2.24) is 0 Å². The normalized spacial score (nSPS) is 18.8. The van der Waals surface area contributed by atoms with Crippen molar-refractivity contribution in [3.05, 3.63) is 64.6 Å². The van der Waals surface area contributed by atoms with E-state index in [9.17, 15) is 19.5 Å². The fourth-order valence-corrected chi connectivity index (χ4v) is 4.63. The number of para-hydroxylation sites is 1. The van der Waals surface area contributed by atoms with Gasteiger partial charge in [-0.15, -0.1) is 0 Å². The third-order valence-corrected chi connectivity index (χ3v) is 5.97. The number of likely N-dealkylation sites (N-methyl/N-ethyl adjacent to an activating group) is 1. The second-order valence-electron chi connectivity index (χ2n) is 6.31. The highest BCUT2D eigenvalue weighted by Crippen LogP contribution is 2.44. The summed E-state index contributed by atoms with van der Waals surface area (Å²) in [6.07, 6.45) is -0.208. The minimum absolute atomic E-state index is 0.208. The van der Waals surface area contributed by atoms with E-state index in [1.54, 1.807) is 31.3 Å². The van der Waals surface area contributed by atoms with E-state index in [2.05, 4.69) is 0 Å². The van der Waals surface area contributed by atoms with Gasteiger partial charge in [0.2, 0.25) is 0 Å². The van der Waals surface area contributed by atoms with Crippen LogP contribution in [0.1, 0.15) is 11.1 Å². The molecule has 28 heavy (non-hydrogen) atoms. The SMILES string of the molecule is CN1C(=O)/C(=C2\SC(=S)N(c3ccc(CC(=O)[O-])cc3)C2=O)c2ccccc21. The minimum atomic E-state index is -1.18. The van der Waals surface area contributed by atoms with Crippen molar-refractivity contribution in [3.8, 4) is 0 Å². The Morgan fingerprint density at radius 2 is 1.75 bits per heavy atom. The molecule has 4 rings (SSSR count). The van der Waals surface area contributed by atoms with Crippen molar-refractivity contribution in [2.24, 2.45) is 0 Å². The zero-order valence-corrected chi connectivity index (χ0v) is 16.3. The highest BCUT2D eigenvalue weighted by Gasteiger charge is 2.41. The predicted molar refractivity (Wildman–Crippen MR) is 110 cm³/mol. The van der Waals surface area contributed by atoms with Gasteiger partial charge in [-0.05, 0) is 23.8 Å². The summed E-state index contributed by atoms with van der Waals surface area (Å²) in [6.45, 7) is 0. The number of carbonyl (C=O) groups is 3. The summed E-state index contributed by atoms with van der Waals surface area (Å²) in [4.78, 5) is 39.8. The largest absolute Gasteiger partial charge is 0.550 e. The van der Waals surface area contributed by atoms with Crippen LogP contribution in [0.25, 0.3) is 5.57 Å². The number of benzene rings is 2. The minimum Gasteiger partial charge on any atom is -0.550 e. The molecule has 2 aromatic rings. The lowest BCUT2D eigenvalue weighted by Gasteiger charge is -2.15. The first-order chi connectivity index (χ1) is 13.4. The number of fused-ring (bicyclic) bond motifs is 1. The van der Waals surface area contributed by atoms with Crippen LogP contribution in [0.5, 0.6) is 0 Å². The number of hydrogen-bond donors (Lipinski definition) is 0. The van der Waals surface area contributed by atoms with Crippen LogP contribution in [0.3, 0.4) is 0 Å². The summed E-state index contributed by atoms with van der Waals surface area (Å²) in [5, 5.41) is 10.7. The molecule has 0 spiro atoms. The summed E-state index contributed by atoms with van der Waals surface area (Å²) in [6, 6.07) is 13.8. The lowest BCUT2D eigenvalue weighted by atomic mass is 10.1. The van der Waals surface area contributed by atoms with Gasteiger partial charge in [-0.2, -0.15) is 0 Å². The molecule has 140 valence electrons. The van der Waals surface area contributed by atoms with E-state index >= 15 is 0 Å². The standard InChI is InChI=1S/C20H14N2O4S2/c1-21-14-5-3-2-4-13(14)16(18(21)25)17-19(26)22(20(27)28-17)12-8-6-11(7-9-12)10-15(23)24/h2-9H,10H2,1H3,(H,23,24)/p-1/b17-16-. The van der Waals surface area contributed by atoms with Gasteiger partial charge < -0.3 is 14.8 Å². The zero-order valence-electron chi connectivity index (χ0n) is 14.7. The third kappa shape index (κ3) is 2.90. The average Bonchev–Trinajstić information content (AvgIpc) is 3.09. The number of thiocarbonyl (C=S) groups is 1. The topological polar surface area (TPSA) is 80.8 Å². The van der Waals surface area contributed by atoms with Crippen LogP contribution in [0.4, 0.5) is 11.4 Å². The molecule has 0 aromatic heterocycles. The highest BCUT2D eigenvalue weighted by molar-refractivity contribution is 8.27. The molecule has 2 aliphatic heterocycles. The molecule has 0 bridgehead atoms. The molecule has 2 aliphatic rings. The molecular weight excluding hydrogens is 396 g/mol. The van der Waals surface area contributed by atoms with E-state index in [-0.39, 0.29) is 18.2 Å². The Hall–Kier alpha value is -2.97. The van der Waals surface area contributed by atoms with E-state index in [0.29, 0.717) is 31.6 Å². The molecule has 0 N–H and O–H groups in total.